The maximum atomic E-state index is 12.7. The Balaban J connectivity index is 0.984. The average Bonchev–Trinajstić information content (AvgIpc) is 3.17. The Hall–Kier alpha value is -4.58. The van der Waals surface area contributed by atoms with Crippen LogP contribution in [0.15, 0.2) is 103 Å². The third-order valence-electron chi connectivity index (χ3n) is 9.80. The van der Waals surface area contributed by atoms with E-state index in [0.717, 1.165) is 68.8 Å². The Kier molecular flexibility index (Phi) is 13.4. The Labute approximate surface area is 306 Å². The fourth-order valence-corrected chi connectivity index (χ4v) is 6.81. The van der Waals surface area contributed by atoms with Crippen LogP contribution < -0.4 is 16.4 Å². The van der Waals surface area contributed by atoms with E-state index in [4.69, 9.17) is 15.2 Å². The Morgan fingerprint density at radius 3 is 2.02 bits per heavy atom. The van der Waals surface area contributed by atoms with Crippen LogP contribution in [0.2, 0.25) is 0 Å². The second-order valence-corrected chi connectivity index (χ2v) is 13.8. The molecular weight excluding hydrogens is 654 g/mol. The molecule has 6 rings (SSSR count). The van der Waals surface area contributed by atoms with Crippen molar-refractivity contribution in [2.75, 3.05) is 49.1 Å². The summed E-state index contributed by atoms with van der Waals surface area (Å²) in [5.74, 6) is -0.141. The average molecular weight is 706 g/mol. The standard InChI is InChI=1S/C42H51N5O5/c43-37-11-7-8-12-38(37)45-41(50)14-6-2-5-13-40(49)44-35-21-19-34(20-22-35)42-51-36(27-39(52-42)33-17-15-32(30-48)16-18-33)29-47-25-23-46(24-26-47)28-31-9-3-1-4-10-31/h1,3-4,7-12,15-22,36,39,42,48H,2,5-6,13-14,23-30,43H2,(H,44,49)(H,45,50)/t36-,39+,42+/m1/s1. The number of unbranched alkanes of at least 4 members (excludes halogenated alkanes) is 2. The van der Waals surface area contributed by atoms with Gasteiger partial charge in [0, 0.05) is 69.8 Å². The van der Waals surface area contributed by atoms with Gasteiger partial charge in [0.2, 0.25) is 11.8 Å². The predicted octanol–water partition coefficient (Wildman–Crippen LogP) is 6.65. The van der Waals surface area contributed by atoms with Crippen LogP contribution in [0, 0.1) is 0 Å². The van der Waals surface area contributed by atoms with Gasteiger partial charge in [-0.05, 0) is 53.8 Å². The van der Waals surface area contributed by atoms with Crippen molar-refractivity contribution in [2.24, 2.45) is 0 Å². The van der Waals surface area contributed by atoms with Gasteiger partial charge in [-0.3, -0.25) is 19.4 Å². The third kappa shape index (κ3) is 11.0. The van der Waals surface area contributed by atoms with Crippen molar-refractivity contribution in [2.45, 2.75) is 70.2 Å². The Morgan fingerprint density at radius 1 is 0.692 bits per heavy atom. The normalized spacial score (nSPS) is 19.6. The number of rotatable bonds is 15. The summed E-state index contributed by atoms with van der Waals surface area (Å²) in [6, 6.07) is 33.5. The number of hydrogen-bond donors (Lipinski definition) is 4. The van der Waals surface area contributed by atoms with Crippen LogP contribution in [0.5, 0.6) is 0 Å². The number of nitrogens with zero attached hydrogens (tertiary/aromatic N) is 2. The fourth-order valence-electron chi connectivity index (χ4n) is 6.81. The van der Waals surface area contributed by atoms with Crippen molar-refractivity contribution >= 4 is 28.9 Å². The van der Waals surface area contributed by atoms with E-state index in [0.29, 0.717) is 42.7 Å². The predicted molar refractivity (Wildman–Crippen MR) is 204 cm³/mol. The molecule has 2 heterocycles. The van der Waals surface area contributed by atoms with Gasteiger partial charge in [0.05, 0.1) is 30.2 Å². The number of hydrogen-bond acceptors (Lipinski definition) is 8. The molecule has 2 saturated heterocycles. The number of amides is 2. The molecule has 3 atom stereocenters. The third-order valence-corrected chi connectivity index (χ3v) is 9.80. The van der Waals surface area contributed by atoms with Crippen molar-refractivity contribution < 1.29 is 24.2 Å². The van der Waals surface area contributed by atoms with Crippen molar-refractivity contribution in [1.29, 1.82) is 0 Å². The fraction of sp³-hybridized carbons (Fsp3) is 0.381. The monoisotopic (exact) mass is 705 g/mol. The first kappa shape index (κ1) is 37.2. The summed E-state index contributed by atoms with van der Waals surface area (Å²) in [5, 5.41) is 15.4. The molecule has 4 aromatic carbocycles. The van der Waals surface area contributed by atoms with Crippen LogP contribution in [0.4, 0.5) is 17.1 Å². The molecule has 0 saturated carbocycles. The molecule has 274 valence electrons. The van der Waals surface area contributed by atoms with Gasteiger partial charge >= 0.3 is 0 Å². The number of piperazine rings is 1. The van der Waals surface area contributed by atoms with Gasteiger partial charge in [-0.15, -0.1) is 0 Å². The minimum atomic E-state index is -0.555. The zero-order chi connectivity index (χ0) is 36.1. The van der Waals surface area contributed by atoms with E-state index in [1.807, 2.05) is 60.7 Å². The highest BCUT2D eigenvalue weighted by molar-refractivity contribution is 5.93. The molecule has 5 N–H and O–H groups in total. The van der Waals surface area contributed by atoms with Crippen LogP contribution >= 0.6 is 0 Å². The molecule has 0 aliphatic carbocycles. The number of nitrogens with two attached hydrogens (primary N) is 1. The number of ether oxygens (including phenoxy) is 2. The zero-order valence-corrected chi connectivity index (χ0v) is 29.8. The van der Waals surface area contributed by atoms with E-state index in [-0.39, 0.29) is 30.6 Å². The first-order chi connectivity index (χ1) is 25.4. The van der Waals surface area contributed by atoms with Crippen LogP contribution in [-0.2, 0) is 32.2 Å². The van der Waals surface area contributed by atoms with Gasteiger partial charge in [0.1, 0.15) is 0 Å². The zero-order valence-electron chi connectivity index (χ0n) is 29.8. The molecular formula is C42H51N5O5. The first-order valence-corrected chi connectivity index (χ1v) is 18.5. The highest BCUT2D eigenvalue weighted by atomic mass is 16.7. The van der Waals surface area contributed by atoms with Gasteiger partial charge in [-0.2, -0.15) is 0 Å². The molecule has 2 amide bonds. The molecule has 10 nitrogen and oxygen atoms in total. The largest absolute Gasteiger partial charge is 0.397 e. The minimum absolute atomic E-state index is 0.00345. The lowest BCUT2D eigenvalue weighted by Gasteiger charge is -2.40. The molecule has 0 radical (unpaired) electrons. The topological polar surface area (TPSA) is 129 Å². The number of carbonyl (C=O) groups is 2. The second kappa shape index (κ2) is 18.8. The van der Waals surface area contributed by atoms with E-state index >= 15 is 0 Å². The van der Waals surface area contributed by atoms with E-state index in [1.165, 1.54) is 5.56 Å². The lowest BCUT2D eigenvalue weighted by molar-refractivity contribution is -0.253. The second-order valence-electron chi connectivity index (χ2n) is 13.8. The number of benzene rings is 4. The number of aliphatic hydroxyl groups is 1. The molecule has 2 fully saturated rings. The SMILES string of the molecule is Nc1ccccc1NC(=O)CCCCCC(=O)Nc1ccc([C@H]2O[C@@H](CN3CCN(Cc4ccccc4)CC3)C[C@@H](c3ccc(CO)cc3)O2)cc1. The number of carbonyl (C=O) groups excluding carboxylic acids is 2. The minimum Gasteiger partial charge on any atom is -0.397 e. The van der Waals surface area contributed by atoms with Crippen molar-refractivity contribution in [1.82, 2.24) is 9.80 Å². The lowest BCUT2D eigenvalue weighted by Crippen LogP contribution is -2.49. The Morgan fingerprint density at radius 2 is 1.33 bits per heavy atom. The molecule has 0 aromatic heterocycles. The van der Waals surface area contributed by atoms with Crippen molar-refractivity contribution in [3.8, 4) is 0 Å². The first-order valence-electron chi connectivity index (χ1n) is 18.5. The summed E-state index contributed by atoms with van der Waals surface area (Å²) >= 11 is 0. The number of anilines is 3. The molecule has 52 heavy (non-hydrogen) atoms. The van der Waals surface area contributed by atoms with Crippen molar-refractivity contribution in [3.63, 3.8) is 0 Å². The van der Waals surface area contributed by atoms with E-state index in [9.17, 15) is 14.7 Å². The van der Waals surface area contributed by atoms with Gasteiger partial charge < -0.3 is 30.9 Å². The Bertz CT molecular complexity index is 1710. The summed E-state index contributed by atoms with van der Waals surface area (Å²) in [5.41, 5.74) is 11.9. The van der Waals surface area contributed by atoms with E-state index < -0.39 is 6.29 Å². The maximum absolute atomic E-state index is 12.7. The van der Waals surface area contributed by atoms with Crippen LogP contribution in [-0.4, -0.2) is 65.5 Å². The molecule has 10 heteroatoms. The molecule has 0 unspecified atom stereocenters. The van der Waals surface area contributed by atoms with Crippen molar-refractivity contribution in [3.05, 3.63) is 125 Å². The maximum Gasteiger partial charge on any atom is 0.224 e. The van der Waals surface area contributed by atoms with Gasteiger partial charge in [-0.1, -0.05) is 85.3 Å². The van der Waals surface area contributed by atoms with Gasteiger partial charge in [-0.25, -0.2) is 0 Å². The highest BCUT2D eigenvalue weighted by Gasteiger charge is 2.34. The molecule has 2 aliphatic rings. The van der Waals surface area contributed by atoms with Crippen LogP contribution in [0.25, 0.3) is 0 Å². The number of nitrogen functional groups attached to an aromatic ring is 1. The molecule has 4 aromatic rings. The molecule has 2 aliphatic heterocycles. The van der Waals surface area contributed by atoms with Gasteiger partial charge in [0.25, 0.3) is 0 Å². The van der Waals surface area contributed by atoms with E-state index in [2.05, 4.69) is 50.8 Å². The summed E-state index contributed by atoms with van der Waals surface area (Å²) in [7, 11) is 0. The van der Waals surface area contributed by atoms with Crippen LogP contribution in [0.3, 0.4) is 0 Å². The quantitative estimate of drug-likeness (QED) is 0.0800. The summed E-state index contributed by atoms with van der Waals surface area (Å²) in [6.07, 6.45) is 2.92. The summed E-state index contributed by atoms with van der Waals surface area (Å²) in [6.45, 7) is 5.81. The van der Waals surface area contributed by atoms with Gasteiger partial charge in [0.15, 0.2) is 6.29 Å². The number of aliphatic hydroxyl groups excluding tert-OH is 1. The summed E-state index contributed by atoms with van der Waals surface area (Å²) in [4.78, 5) is 29.9. The smallest absolute Gasteiger partial charge is 0.224 e. The molecule has 0 bridgehead atoms. The highest BCUT2D eigenvalue weighted by Crippen LogP contribution is 2.38. The number of nitrogens with one attached hydrogen (secondary N) is 2. The summed E-state index contributed by atoms with van der Waals surface area (Å²) < 4.78 is 13.2. The number of para-hydroxylation sites is 2. The van der Waals surface area contributed by atoms with Crippen LogP contribution in [0.1, 0.15) is 73.2 Å². The van der Waals surface area contributed by atoms with E-state index in [1.54, 1.807) is 12.1 Å². The molecule has 0 spiro atoms. The lowest BCUT2D eigenvalue weighted by atomic mass is 9.99.